The van der Waals surface area contributed by atoms with E-state index in [-0.39, 0.29) is 31.1 Å². The van der Waals surface area contributed by atoms with Crippen molar-refractivity contribution < 1.29 is 28.6 Å². The third-order valence-corrected chi connectivity index (χ3v) is 12.9. The molecule has 0 spiro atoms. The van der Waals surface area contributed by atoms with Crippen molar-refractivity contribution in [2.75, 3.05) is 13.2 Å². The van der Waals surface area contributed by atoms with Crippen LogP contribution in [0.1, 0.15) is 311 Å². The average Bonchev–Trinajstić information content (AvgIpc) is 3.24. The van der Waals surface area contributed by atoms with E-state index in [1.807, 2.05) is 0 Å². The first kappa shape index (κ1) is 61.4. The van der Waals surface area contributed by atoms with Crippen molar-refractivity contribution in [2.24, 2.45) is 17.8 Å². The summed E-state index contributed by atoms with van der Waals surface area (Å²) < 4.78 is 16.8. The topological polar surface area (TPSA) is 78.9 Å². The van der Waals surface area contributed by atoms with Crippen LogP contribution in [-0.4, -0.2) is 37.2 Å². The molecule has 0 saturated carbocycles. The van der Waals surface area contributed by atoms with Gasteiger partial charge in [0.1, 0.15) is 13.2 Å². The number of carbonyl (C=O) groups excluding carboxylic acids is 3. The van der Waals surface area contributed by atoms with E-state index in [4.69, 9.17) is 14.2 Å². The van der Waals surface area contributed by atoms with Gasteiger partial charge in [0.2, 0.25) is 0 Å². The molecule has 63 heavy (non-hydrogen) atoms. The molecular formula is C57H110O6. The van der Waals surface area contributed by atoms with E-state index < -0.39 is 6.10 Å². The summed E-state index contributed by atoms with van der Waals surface area (Å²) in [7, 11) is 0. The lowest BCUT2D eigenvalue weighted by atomic mass is 10.0. The van der Waals surface area contributed by atoms with Crippen LogP contribution in [0.4, 0.5) is 0 Å². The maximum atomic E-state index is 12.8. The number of hydrogen-bond acceptors (Lipinski definition) is 6. The Kier molecular flexibility index (Phi) is 47.1. The number of rotatable bonds is 50. The van der Waals surface area contributed by atoms with Crippen molar-refractivity contribution in [3.63, 3.8) is 0 Å². The van der Waals surface area contributed by atoms with Crippen LogP contribution in [0, 0.1) is 17.8 Å². The van der Waals surface area contributed by atoms with E-state index >= 15 is 0 Å². The van der Waals surface area contributed by atoms with Crippen molar-refractivity contribution in [3.05, 3.63) is 0 Å². The third-order valence-electron chi connectivity index (χ3n) is 12.9. The summed E-state index contributed by atoms with van der Waals surface area (Å²) in [6.07, 6.45) is 49.7. The maximum absolute atomic E-state index is 12.8. The zero-order chi connectivity index (χ0) is 46.3. The first-order chi connectivity index (χ1) is 30.6. The molecule has 0 saturated heterocycles. The van der Waals surface area contributed by atoms with E-state index in [9.17, 15) is 14.4 Å². The molecule has 0 aromatic carbocycles. The first-order valence-electron chi connectivity index (χ1n) is 28.1. The Morgan fingerprint density at radius 2 is 0.460 bits per heavy atom. The maximum Gasteiger partial charge on any atom is 0.306 e. The summed E-state index contributed by atoms with van der Waals surface area (Å²) >= 11 is 0. The summed E-state index contributed by atoms with van der Waals surface area (Å²) in [5.41, 5.74) is 0. The fourth-order valence-electron chi connectivity index (χ4n) is 8.65. The summed E-state index contributed by atoms with van der Waals surface area (Å²) in [5, 5.41) is 0. The number of carbonyl (C=O) groups is 3. The minimum absolute atomic E-state index is 0.0646. The van der Waals surface area contributed by atoms with Crippen LogP contribution in [0.15, 0.2) is 0 Å². The normalized spacial score (nSPS) is 12.1. The Morgan fingerprint density at radius 1 is 0.270 bits per heavy atom. The Hall–Kier alpha value is -1.59. The molecule has 6 nitrogen and oxygen atoms in total. The zero-order valence-corrected chi connectivity index (χ0v) is 43.4. The molecule has 0 unspecified atom stereocenters. The highest BCUT2D eigenvalue weighted by Gasteiger charge is 2.19. The van der Waals surface area contributed by atoms with Crippen molar-refractivity contribution in [1.82, 2.24) is 0 Å². The van der Waals surface area contributed by atoms with Crippen molar-refractivity contribution >= 4 is 17.9 Å². The predicted molar refractivity (Wildman–Crippen MR) is 270 cm³/mol. The van der Waals surface area contributed by atoms with Gasteiger partial charge in [-0.25, -0.2) is 0 Å². The number of hydrogen-bond donors (Lipinski definition) is 0. The quantitative estimate of drug-likeness (QED) is 0.0344. The highest BCUT2D eigenvalue weighted by atomic mass is 16.6. The summed E-state index contributed by atoms with van der Waals surface area (Å²) in [4.78, 5) is 38.0. The second-order valence-electron chi connectivity index (χ2n) is 21.0. The van der Waals surface area contributed by atoms with Crippen LogP contribution in [-0.2, 0) is 28.6 Å². The summed E-state index contributed by atoms with van der Waals surface area (Å²) in [6.45, 7) is 13.7. The Labute approximate surface area is 393 Å². The van der Waals surface area contributed by atoms with Crippen molar-refractivity contribution in [3.8, 4) is 0 Å². The monoisotopic (exact) mass is 891 g/mol. The van der Waals surface area contributed by atoms with Gasteiger partial charge >= 0.3 is 17.9 Å². The first-order valence-corrected chi connectivity index (χ1v) is 28.1. The molecule has 0 N–H and O–H groups in total. The highest BCUT2D eigenvalue weighted by molar-refractivity contribution is 5.71. The van der Waals surface area contributed by atoms with Gasteiger partial charge in [0.25, 0.3) is 0 Å². The van der Waals surface area contributed by atoms with Crippen LogP contribution in [0.25, 0.3) is 0 Å². The molecule has 0 heterocycles. The Bertz CT molecular complexity index is 976. The highest BCUT2D eigenvalue weighted by Crippen LogP contribution is 2.18. The van der Waals surface area contributed by atoms with E-state index in [1.165, 1.54) is 193 Å². The van der Waals surface area contributed by atoms with E-state index in [0.717, 1.165) is 75.5 Å². The molecule has 0 aliphatic rings. The van der Waals surface area contributed by atoms with Crippen LogP contribution in [0.3, 0.4) is 0 Å². The third kappa shape index (κ3) is 51.3. The smallest absolute Gasteiger partial charge is 0.306 e. The van der Waals surface area contributed by atoms with Gasteiger partial charge in [-0.1, -0.05) is 273 Å². The van der Waals surface area contributed by atoms with E-state index in [1.54, 1.807) is 0 Å². The zero-order valence-electron chi connectivity index (χ0n) is 43.4. The Morgan fingerprint density at radius 3 is 0.683 bits per heavy atom. The largest absolute Gasteiger partial charge is 0.462 e. The summed E-state index contributed by atoms with van der Waals surface area (Å²) in [6, 6.07) is 0. The molecule has 0 rings (SSSR count). The second-order valence-corrected chi connectivity index (χ2v) is 21.0. The van der Waals surface area contributed by atoms with Crippen LogP contribution in [0.5, 0.6) is 0 Å². The van der Waals surface area contributed by atoms with Gasteiger partial charge in [-0.15, -0.1) is 0 Å². The SMILES string of the molecule is CC(C)CCCCCCCCCCCCCCCCCCCCC(=O)OC[C@H](COC(=O)CCCCCCCCC(C)C)OC(=O)CCCCCCCCCCCCCCC(C)C. The minimum Gasteiger partial charge on any atom is -0.462 e. The van der Waals surface area contributed by atoms with Gasteiger partial charge in [-0.3, -0.25) is 14.4 Å². The predicted octanol–water partition coefficient (Wildman–Crippen LogP) is 18.3. The van der Waals surface area contributed by atoms with Crippen molar-refractivity contribution in [1.29, 1.82) is 0 Å². The molecular weight excluding hydrogens is 781 g/mol. The number of unbranched alkanes of at least 4 members (excludes halogenated alkanes) is 33. The van der Waals surface area contributed by atoms with E-state index in [0.29, 0.717) is 19.3 Å². The van der Waals surface area contributed by atoms with Gasteiger partial charge < -0.3 is 14.2 Å². The fourth-order valence-corrected chi connectivity index (χ4v) is 8.65. The van der Waals surface area contributed by atoms with Crippen LogP contribution in [0.2, 0.25) is 0 Å². The lowest BCUT2D eigenvalue weighted by Crippen LogP contribution is -2.30. The van der Waals surface area contributed by atoms with Gasteiger partial charge in [-0.05, 0) is 37.0 Å². The van der Waals surface area contributed by atoms with Gasteiger partial charge in [0, 0.05) is 19.3 Å². The second kappa shape index (κ2) is 48.3. The van der Waals surface area contributed by atoms with Gasteiger partial charge in [-0.2, -0.15) is 0 Å². The molecule has 1 atom stereocenters. The lowest BCUT2D eigenvalue weighted by Gasteiger charge is -2.18. The molecule has 374 valence electrons. The summed E-state index contributed by atoms with van der Waals surface area (Å²) in [5.74, 6) is 1.60. The minimum atomic E-state index is -0.763. The van der Waals surface area contributed by atoms with Crippen LogP contribution >= 0.6 is 0 Å². The molecule has 0 aliphatic heterocycles. The number of ether oxygens (including phenoxy) is 3. The lowest BCUT2D eigenvalue weighted by molar-refractivity contribution is -0.167. The molecule has 0 fully saturated rings. The average molecular weight is 892 g/mol. The standard InChI is InChI=1S/C57H110O6/c1-51(2)43-37-31-25-21-17-13-11-9-7-8-10-12-14-19-23-27-34-40-46-55(58)61-49-54(50-62-56(59)47-41-35-30-29-33-39-45-53(5)6)63-57(60)48-42-36-28-24-20-16-15-18-22-26-32-38-44-52(3)4/h51-54H,7-50H2,1-6H3/t54-/m1/s1. The van der Waals surface area contributed by atoms with Gasteiger partial charge in [0.05, 0.1) is 0 Å². The fraction of sp³-hybridized carbons (Fsp3) is 0.947. The van der Waals surface area contributed by atoms with E-state index in [2.05, 4.69) is 41.5 Å². The molecule has 6 heteroatoms. The molecule has 0 amide bonds. The molecule has 0 radical (unpaired) electrons. The van der Waals surface area contributed by atoms with Crippen molar-refractivity contribution in [2.45, 2.75) is 317 Å². The van der Waals surface area contributed by atoms with Gasteiger partial charge in [0.15, 0.2) is 6.10 Å². The molecule has 0 bridgehead atoms. The molecule has 0 aromatic rings. The number of esters is 3. The molecule has 0 aromatic heterocycles. The van der Waals surface area contributed by atoms with Crippen LogP contribution < -0.4 is 0 Å². The molecule has 0 aliphatic carbocycles. The Balaban J connectivity index is 4.19.